The van der Waals surface area contributed by atoms with Crippen molar-refractivity contribution in [2.45, 2.75) is 18.9 Å². The lowest BCUT2D eigenvalue weighted by Crippen LogP contribution is -2.38. The molecular formula is C20H22N4OS. The molecule has 3 heterocycles. The Balaban J connectivity index is 1.52. The zero-order valence-corrected chi connectivity index (χ0v) is 15.3. The van der Waals surface area contributed by atoms with Crippen LogP contribution in [0.3, 0.4) is 0 Å². The molecule has 134 valence electrons. The van der Waals surface area contributed by atoms with Gasteiger partial charge in [-0.3, -0.25) is 14.8 Å². The first-order valence-electron chi connectivity index (χ1n) is 8.65. The molecule has 0 aliphatic carbocycles. The summed E-state index contributed by atoms with van der Waals surface area (Å²) in [6, 6.07) is 11.6. The van der Waals surface area contributed by atoms with Gasteiger partial charge in [0.25, 0.3) is 0 Å². The maximum Gasteiger partial charge on any atom is 0.242 e. The molecule has 0 bridgehead atoms. The fraction of sp³-hybridized carbons (Fsp3) is 0.250. The number of carbonyl (C=O) groups is 1. The van der Waals surface area contributed by atoms with Crippen LogP contribution >= 0.6 is 11.3 Å². The van der Waals surface area contributed by atoms with E-state index in [0.29, 0.717) is 6.54 Å². The number of nitrogens with one attached hydrogen (secondary N) is 2. The Bertz CT molecular complexity index is 778. The summed E-state index contributed by atoms with van der Waals surface area (Å²) in [7, 11) is 0. The smallest absolute Gasteiger partial charge is 0.242 e. The Hall–Kier alpha value is -2.57. The lowest BCUT2D eigenvalue weighted by Gasteiger charge is -2.17. The van der Waals surface area contributed by atoms with E-state index >= 15 is 0 Å². The van der Waals surface area contributed by atoms with Crippen LogP contribution in [0, 0.1) is 0 Å². The Morgan fingerprint density at radius 3 is 2.12 bits per heavy atom. The molecule has 5 nitrogen and oxygen atoms in total. The van der Waals surface area contributed by atoms with E-state index < -0.39 is 0 Å². The van der Waals surface area contributed by atoms with Crippen LogP contribution in [0.5, 0.6) is 0 Å². The fourth-order valence-corrected chi connectivity index (χ4v) is 3.47. The largest absolute Gasteiger partial charge is 0.354 e. The minimum Gasteiger partial charge on any atom is -0.354 e. The zero-order valence-electron chi connectivity index (χ0n) is 14.5. The van der Waals surface area contributed by atoms with Gasteiger partial charge in [0, 0.05) is 42.8 Å². The van der Waals surface area contributed by atoms with Crippen LogP contribution < -0.4 is 10.6 Å². The number of thiophene rings is 1. The van der Waals surface area contributed by atoms with Gasteiger partial charge < -0.3 is 10.6 Å². The second kappa shape index (κ2) is 9.79. The summed E-state index contributed by atoms with van der Waals surface area (Å²) < 4.78 is 0. The van der Waals surface area contributed by atoms with E-state index in [1.165, 1.54) is 11.1 Å². The molecule has 1 unspecified atom stereocenters. The van der Waals surface area contributed by atoms with Gasteiger partial charge in [-0.25, -0.2) is 0 Å². The van der Waals surface area contributed by atoms with E-state index in [4.69, 9.17) is 0 Å². The molecule has 3 rings (SSSR count). The summed E-state index contributed by atoms with van der Waals surface area (Å²) in [5, 5.41) is 8.43. The first-order valence-corrected chi connectivity index (χ1v) is 9.53. The van der Waals surface area contributed by atoms with E-state index in [0.717, 1.165) is 24.3 Å². The highest BCUT2D eigenvalue weighted by Gasteiger charge is 2.20. The Morgan fingerprint density at radius 1 is 0.923 bits per heavy atom. The Kier molecular flexibility index (Phi) is 6.87. The van der Waals surface area contributed by atoms with Gasteiger partial charge in [0.05, 0.1) is 0 Å². The van der Waals surface area contributed by atoms with Gasteiger partial charge in [-0.05, 0) is 59.7 Å². The molecule has 3 aromatic heterocycles. The molecule has 6 heteroatoms. The summed E-state index contributed by atoms with van der Waals surface area (Å²) in [6.07, 6.45) is 8.77. The van der Waals surface area contributed by atoms with Crippen LogP contribution in [0.25, 0.3) is 0 Å². The molecular weight excluding hydrogens is 344 g/mol. The number of pyridine rings is 2. The zero-order chi connectivity index (χ0) is 18.0. The molecule has 0 radical (unpaired) electrons. The summed E-state index contributed by atoms with van der Waals surface area (Å²) >= 11 is 1.59. The molecule has 0 aliphatic heterocycles. The third-order valence-corrected chi connectivity index (χ3v) is 5.00. The van der Waals surface area contributed by atoms with Crippen molar-refractivity contribution in [2.24, 2.45) is 0 Å². The molecule has 0 fully saturated rings. The summed E-state index contributed by atoms with van der Waals surface area (Å²) in [5.74, 6) is 0.0104. The normalized spacial score (nSPS) is 11.8. The van der Waals surface area contributed by atoms with Crippen molar-refractivity contribution in [1.82, 2.24) is 20.6 Å². The number of aromatic nitrogens is 2. The summed E-state index contributed by atoms with van der Waals surface area (Å²) in [5.41, 5.74) is 2.37. The van der Waals surface area contributed by atoms with E-state index in [-0.39, 0.29) is 11.9 Å². The lowest BCUT2D eigenvalue weighted by atomic mass is 10.1. The highest BCUT2D eigenvalue weighted by Crippen LogP contribution is 2.19. The van der Waals surface area contributed by atoms with Crippen molar-refractivity contribution in [1.29, 1.82) is 0 Å². The Morgan fingerprint density at radius 2 is 1.54 bits per heavy atom. The third kappa shape index (κ3) is 5.47. The average molecular weight is 366 g/mol. The van der Waals surface area contributed by atoms with Crippen LogP contribution in [0.2, 0.25) is 0 Å². The van der Waals surface area contributed by atoms with Gasteiger partial charge in [0.15, 0.2) is 0 Å². The van der Waals surface area contributed by atoms with Gasteiger partial charge >= 0.3 is 0 Å². The van der Waals surface area contributed by atoms with Crippen molar-refractivity contribution in [3.05, 3.63) is 82.6 Å². The summed E-state index contributed by atoms with van der Waals surface area (Å²) in [6.45, 7) is 1.33. The van der Waals surface area contributed by atoms with E-state index in [1.54, 1.807) is 36.1 Å². The van der Waals surface area contributed by atoms with Crippen molar-refractivity contribution in [3.63, 3.8) is 0 Å². The highest BCUT2D eigenvalue weighted by molar-refractivity contribution is 7.10. The minimum absolute atomic E-state index is 0.0104. The molecule has 2 N–H and O–H groups in total. The van der Waals surface area contributed by atoms with Crippen LogP contribution in [0.15, 0.2) is 66.6 Å². The molecule has 1 amide bonds. The molecule has 1 atom stereocenters. The van der Waals surface area contributed by atoms with E-state index in [2.05, 4.69) is 20.6 Å². The maximum absolute atomic E-state index is 12.7. The average Bonchev–Trinajstić information content (AvgIpc) is 3.21. The van der Waals surface area contributed by atoms with Crippen LogP contribution in [-0.4, -0.2) is 29.0 Å². The van der Waals surface area contributed by atoms with Crippen LogP contribution in [0.4, 0.5) is 0 Å². The van der Waals surface area contributed by atoms with Gasteiger partial charge in [0.1, 0.15) is 6.04 Å². The number of amides is 1. The van der Waals surface area contributed by atoms with Crippen LogP contribution in [0.1, 0.15) is 22.0 Å². The third-order valence-electron chi connectivity index (χ3n) is 4.06. The number of nitrogens with zero attached hydrogens (tertiary/aromatic N) is 2. The molecule has 0 saturated carbocycles. The molecule has 0 spiro atoms. The summed E-state index contributed by atoms with van der Waals surface area (Å²) in [4.78, 5) is 21.8. The van der Waals surface area contributed by atoms with Crippen molar-refractivity contribution >= 4 is 17.2 Å². The van der Waals surface area contributed by atoms with Crippen molar-refractivity contribution in [3.8, 4) is 0 Å². The van der Waals surface area contributed by atoms with Crippen LogP contribution in [-0.2, 0) is 17.6 Å². The quantitative estimate of drug-likeness (QED) is 0.611. The Labute approximate surface area is 157 Å². The second-order valence-corrected chi connectivity index (χ2v) is 6.88. The standard InChI is InChI=1S/C20H22N4OS/c25-20(24-14-8-17-5-11-22-12-6-17)19(18-2-1-15-26-18)23-13-7-16-3-9-21-10-4-16/h1-6,9-12,15,19,23H,7-8,13-14H2,(H,24,25). The first-order chi connectivity index (χ1) is 12.8. The van der Waals surface area contributed by atoms with E-state index in [9.17, 15) is 4.79 Å². The number of carbonyl (C=O) groups excluding carboxylic acids is 1. The molecule has 0 saturated heterocycles. The number of rotatable bonds is 9. The molecule has 0 aromatic carbocycles. The highest BCUT2D eigenvalue weighted by atomic mass is 32.1. The van der Waals surface area contributed by atoms with Crippen molar-refractivity contribution < 1.29 is 4.79 Å². The number of hydrogen-bond acceptors (Lipinski definition) is 5. The second-order valence-electron chi connectivity index (χ2n) is 5.90. The maximum atomic E-state index is 12.7. The van der Waals surface area contributed by atoms with E-state index in [1.807, 2.05) is 41.8 Å². The topological polar surface area (TPSA) is 66.9 Å². The minimum atomic E-state index is -0.325. The molecule has 3 aromatic rings. The predicted molar refractivity (Wildman–Crippen MR) is 104 cm³/mol. The lowest BCUT2D eigenvalue weighted by molar-refractivity contribution is -0.123. The molecule has 26 heavy (non-hydrogen) atoms. The fourth-order valence-electron chi connectivity index (χ4n) is 2.67. The van der Waals surface area contributed by atoms with Gasteiger partial charge in [-0.15, -0.1) is 11.3 Å². The predicted octanol–water partition coefficient (Wildman–Crippen LogP) is 2.77. The van der Waals surface area contributed by atoms with Gasteiger partial charge in [-0.1, -0.05) is 6.07 Å². The molecule has 0 aliphatic rings. The number of hydrogen-bond donors (Lipinski definition) is 2. The van der Waals surface area contributed by atoms with Gasteiger partial charge in [-0.2, -0.15) is 0 Å². The SMILES string of the molecule is O=C(NCCc1ccncc1)C(NCCc1ccncc1)c1cccs1. The van der Waals surface area contributed by atoms with Gasteiger partial charge in [0.2, 0.25) is 5.91 Å². The first kappa shape index (κ1) is 18.2. The monoisotopic (exact) mass is 366 g/mol. The van der Waals surface area contributed by atoms with Crippen molar-refractivity contribution in [2.75, 3.05) is 13.1 Å².